The van der Waals surface area contributed by atoms with Crippen molar-refractivity contribution in [3.63, 3.8) is 0 Å². The number of likely N-dealkylation sites (N-methyl/N-ethyl adjacent to an activating group) is 1. The van der Waals surface area contributed by atoms with Gasteiger partial charge in [-0.2, -0.15) is 0 Å². The molecule has 0 amide bonds. The number of aromatic nitrogens is 2. The van der Waals surface area contributed by atoms with Crippen LogP contribution in [0.25, 0.3) is 0 Å². The van der Waals surface area contributed by atoms with E-state index in [9.17, 15) is 0 Å². The van der Waals surface area contributed by atoms with E-state index in [1.807, 2.05) is 0 Å². The van der Waals surface area contributed by atoms with Gasteiger partial charge in [0.2, 0.25) is 0 Å². The largest absolute Gasteiger partial charge is 0.370 e. The summed E-state index contributed by atoms with van der Waals surface area (Å²) in [6.07, 6.45) is 3.60. The van der Waals surface area contributed by atoms with E-state index in [1.54, 1.807) is 0 Å². The second-order valence-corrected chi connectivity index (χ2v) is 6.06. The van der Waals surface area contributed by atoms with Crippen molar-refractivity contribution in [1.29, 1.82) is 0 Å². The van der Waals surface area contributed by atoms with Gasteiger partial charge in [-0.1, -0.05) is 6.92 Å². The monoisotopic (exact) mass is 291 g/mol. The van der Waals surface area contributed by atoms with Gasteiger partial charge < -0.3 is 15.1 Å². The first-order chi connectivity index (χ1) is 10.1. The number of anilines is 2. The fraction of sp³-hybridized carbons (Fsp3) is 0.750. The van der Waals surface area contributed by atoms with Crippen LogP contribution in [0.3, 0.4) is 0 Å². The first-order valence-electron chi connectivity index (χ1n) is 8.16. The van der Waals surface area contributed by atoms with Crippen LogP contribution >= 0.6 is 0 Å². The lowest BCUT2D eigenvalue weighted by molar-refractivity contribution is 0.412. The molecule has 118 valence electrons. The predicted octanol–water partition coefficient (Wildman–Crippen LogP) is 2.56. The van der Waals surface area contributed by atoms with E-state index in [2.05, 4.69) is 54.1 Å². The molecule has 0 unspecified atom stereocenters. The van der Waals surface area contributed by atoms with Crippen LogP contribution in [0.15, 0.2) is 6.07 Å². The summed E-state index contributed by atoms with van der Waals surface area (Å²) >= 11 is 0. The second kappa shape index (κ2) is 7.59. The van der Waals surface area contributed by atoms with E-state index >= 15 is 0 Å². The highest BCUT2D eigenvalue weighted by molar-refractivity contribution is 5.50. The summed E-state index contributed by atoms with van der Waals surface area (Å²) in [4.78, 5) is 14.1. The molecule has 0 aromatic carbocycles. The van der Waals surface area contributed by atoms with Gasteiger partial charge in [0.1, 0.15) is 17.5 Å². The average Bonchev–Trinajstić information content (AvgIpc) is 3.28. The van der Waals surface area contributed by atoms with Gasteiger partial charge in [0.15, 0.2) is 0 Å². The van der Waals surface area contributed by atoms with Gasteiger partial charge in [0.05, 0.1) is 0 Å². The summed E-state index contributed by atoms with van der Waals surface area (Å²) in [5.41, 5.74) is 0. The van der Waals surface area contributed by atoms with Crippen LogP contribution in [-0.4, -0.2) is 55.1 Å². The summed E-state index contributed by atoms with van der Waals surface area (Å²) in [6, 6.07) is 2.10. The minimum Gasteiger partial charge on any atom is -0.370 e. The molecular weight excluding hydrogens is 262 g/mol. The maximum Gasteiger partial charge on any atom is 0.136 e. The third-order valence-corrected chi connectivity index (χ3v) is 3.66. The molecular formula is C16H29N5. The normalized spacial score (nSPS) is 14.5. The van der Waals surface area contributed by atoms with Crippen LogP contribution in [0.4, 0.5) is 11.6 Å². The molecule has 21 heavy (non-hydrogen) atoms. The third-order valence-electron chi connectivity index (χ3n) is 3.66. The number of nitrogens with zero attached hydrogens (tertiary/aromatic N) is 4. The molecule has 5 nitrogen and oxygen atoms in total. The Morgan fingerprint density at radius 3 is 2.48 bits per heavy atom. The zero-order chi connectivity index (χ0) is 15.2. The molecule has 0 atom stereocenters. The van der Waals surface area contributed by atoms with Crippen LogP contribution in [0.1, 0.15) is 44.9 Å². The van der Waals surface area contributed by atoms with E-state index in [4.69, 9.17) is 4.98 Å². The fourth-order valence-electron chi connectivity index (χ4n) is 2.34. The molecule has 1 aliphatic carbocycles. The quantitative estimate of drug-likeness (QED) is 0.757. The molecule has 5 heteroatoms. The van der Waals surface area contributed by atoms with E-state index < -0.39 is 0 Å². The Labute approximate surface area is 128 Å². The number of hydrogen-bond acceptors (Lipinski definition) is 5. The van der Waals surface area contributed by atoms with Gasteiger partial charge in [0, 0.05) is 38.2 Å². The van der Waals surface area contributed by atoms with Gasteiger partial charge in [0.25, 0.3) is 0 Å². The molecule has 0 bridgehead atoms. The van der Waals surface area contributed by atoms with Gasteiger partial charge >= 0.3 is 0 Å². The summed E-state index contributed by atoms with van der Waals surface area (Å²) in [6.45, 7) is 8.31. The van der Waals surface area contributed by atoms with Crippen molar-refractivity contribution >= 4 is 11.6 Å². The third kappa shape index (κ3) is 4.84. The Balaban J connectivity index is 2.19. The average molecular weight is 291 g/mol. The lowest BCUT2D eigenvalue weighted by Crippen LogP contribution is -2.33. The van der Waals surface area contributed by atoms with Crippen LogP contribution < -0.4 is 10.2 Å². The highest BCUT2D eigenvalue weighted by atomic mass is 15.2. The van der Waals surface area contributed by atoms with Crippen molar-refractivity contribution in [3.8, 4) is 0 Å². The van der Waals surface area contributed by atoms with Gasteiger partial charge in [-0.15, -0.1) is 0 Å². The predicted molar refractivity (Wildman–Crippen MR) is 89.2 cm³/mol. The Kier molecular flexibility index (Phi) is 5.79. The van der Waals surface area contributed by atoms with Gasteiger partial charge in [-0.3, -0.25) is 0 Å². The fourth-order valence-corrected chi connectivity index (χ4v) is 2.34. The van der Waals surface area contributed by atoms with Crippen molar-refractivity contribution < 1.29 is 0 Å². The maximum absolute atomic E-state index is 4.83. The van der Waals surface area contributed by atoms with Gasteiger partial charge in [-0.25, -0.2) is 9.97 Å². The van der Waals surface area contributed by atoms with Crippen LogP contribution in [0.5, 0.6) is 0 Å². The number of rotatable bonds is 9. The number of hydrogen-bond donors (Lipinski definition) is 1. The minimum absolute atomic E-state index is 0.583. The van der Waals surface area contributed by atoms with Gasteiger partial charge in [-0.05, 0) is 40.3 Å². The molecule has 1 fully saturated rings. The topological polar surface area (TPSA) is 44.3 Å². The zero-order valence-electron chi connectivity index (χ0n) is 13.9. The summed E-state index contributed by atoms with van der Waals surface area (Å²) in [7, 11) is 4.23. The Morgan fingerprint density at radius 2 is 1.90 bits per heavy atom. The molecule has 2 rings (SSSR count). The Morgan fingerprint density at radius 1 is 1.14 bits per heavy atom. The standard InChI is InChI=1S/C16H29N5/c1-5-9-21(11-10-20(3)4)15-12-14(17-6-2)18-16(19-15)13-7-8-13/h12-13H,5-11H2,1-4H3,(H,17,18,19). The van der Waals surface area contributed by atoms with Crippen molar-refractivity contribution in [3.05, 3.63) is 11.9 Å². The SMILES string of the molecule is CCCN(CCN(C)C)c1cc(NCC)nc(C2CC2)n1. The molecule has 1 aliphatic rings. The van der Waals surface area contributed by atoms with Crippen molar-refractivity contribution in [2.45, 2.75) is 39.0 Å². The van der Waals surface area contributed by atoms with Crippen molar-refractivity contribution in [1.82, 2.24) is 14.9 Å². The first-order valence-corrected chi connectivity index (χ1v) is 8.16. The second-order valence-electron chi connectivity index (χ2n) is 6.06. The van der Waals surface area contributed by atoms with E-state index in [-0.39, 0.29) is 0 Å². The highest BCUT2D eigenvalue weighted by Gasteiger charge is 2.28. The van der Waals surface area contributed by atoms with Crippen LogP contribution in [0.2, 0.25) is 0 Å². The van der Waals surface area contributed by atoms with Crippen LogP contribution in [-0.2, 0) is 0 Å². The van der Waals surface area contributed by atoms with Crippen LogP contribution in [0, 0.1) is 0 Å². The molecule has 0 aliphatic heterocycles. The zero-order valence-corrected chi connectivity index (χ0v) is 13.9. The summed E-state index contributed by atoms with van der Waals surface area (Å²) in [5, 5.41) is 3.34. The van der Waals surface area contributed by atoms with Crippen molar-refractivity contribution in [2.24, 2.45) is 0 Å². The van der Waals surface area contributed by atoms with E-state index in [0.29, 0.717) is 5.92 Å². The molecule has 0 radical (unpaired) electrons. The highest BCUT2D eigenvalue weighted by Crippen LogP contribution is 2.39. The molecule has 1 aromatic rings. The smallest absolute Gasteiger partial charge is 0.136 e. The molecule has 0 spiro atoms. The molecule has 1 aromatic heterocycles. The Hall–Kier alpha value is -1.36. The first kappa shape index (κ1) is 16.0. The maximum atomic E-state index is 4.83. The van der Waals surface area contributed by atoms with E-state index in [0.717, 1.165) is 50.1 Å². The van der Waals surface area contributed by atoms with Crippen molar-refractivity contribution in [2.75, 3.05) is 50.5 Å². The number of nitrogens with one attached hydrogen (secondary N) is 1. The molecule has 1 heterocycles. The molecule has 1 saturated carbocycles. The lowest BCUT2D eigenvalue weighted by Gasteiger charge is -2.25. The molecule has 0 saturated heterocycles. The summed E-state index contributed by atoms with van der Waals surface area (Å²) in [5.74, 6) is 3.65. The lowest BCUT2D eigenvalue weighted by atomic mass is 10.3. The minimum atomic E-state index is 0.583. The summed E-state index contributed by atoms with van der Waals surface area (Å²) < 4.78 is 0. The Bertz CT molecular complexity index is 442. The van der Waals surface area contributed by atoms with E-state index in [1.165, 1.54) is 12.8 Å². The molecule has 1 N–H and O–H groups in total.